The number of benzene rings is 1. The van der Waals surface area contributed by atoms with Gasteiger partial charge in [0, 0.05) is 12.1 Å². The number of sulfone groups is 1. The van der Waals surface area contributed by atoms with Crippen molar-refractivity contribution in [3.05, 3.63) is 35.9 Å². The van der Waals surface area contributed by atoms with E-state index in [2.05, 4.69) is 24.5 Å². The van der Waals surface area contributed by atoms with Crippen LogP contribution in [0.2, 0.25) is 0 Å². The Bertz CT molecular complexity index is 928. The Morgan fingerprint density at radius 2 is 1.83 bits per heavy atom. The first kappa shape index (κ1) is 29.1. The van der Waals surface area contributed by atoms with Crippen molar-refractivity contribution in [2.45, 2.75) is 78.0 Å². The molecule has 2 rings (SSSR count). The summed E-state index contributed by atoms with van der Waals surface area (Å²) in [5.74, 6) is -0.658. The lowest BCUT2D eigenvalue weighted by atomic mass is 9.98. The number of aliphatic hydroxyl groups excluding tert-OH is 1. The highest BCUT2D eigenvalue weighted by atomic mass is 32.2. The number of urea groups is 1. The van der Waals surface area contributed by atoms with Gasteiger partial charge in [-0.15, -0.1) is 0 Å². The summed E-state index contributed by atoms with van der Waals surface area (Å²) in [7, 11) is -3.24. The second kappa shape index (κ2) is 12.7. The van der Waals surface area contributed by atoms with E-state index in [9.17, 15) is 23.1 Å². The molecule has 3 amide bonds. The predicted molar refractivity (Wildman–Crippen MR) is 139 cm³/mol. The monoisotopic (exact) mass is 509 g/mol. The van der Waals surface area contributed by atoms with Crippen LogP contribution in [0.1, 0.15) is 59.4 Å². The summed E-state index contributed by atoms with van der Waals surface area (Å²) in [6, 6.07) is 8.57. The summed E-state index contributed by atoms with van der Waals surface area (Å²) < 4.78 is 24.1. The molecule has 1 heterocycles. The lowest BCUT2D eigenvalue weighted by Gasteiger charge is -2.33. The number of hydrogen-bond donors (Lipinski definition) is 3. The van der Waals surface area contributed by atoms with Crippen LogP contribution in [0.25, 0.3) is 0 Å². The molecule has 0 aliphatic carbocycles. The standard InChI is InChI=1S/C26H43N3O5S/c1-19(2)13-14-29(25(32)28-26(3,4)5)17-23(30)22(16-20-10-7-6-8-11-20)27-24(31)21-12-9-15-35(33,34)18-21/h6-8,10-11,19,21-23,30H,9,12-18H2,1-5H3,(H,27,31)(H,28,32). The number of carbonyl (C=O) groups is 2. The maximum atomic E-state index is 13.0. The molecule has 1 saturated heterocycles. The Morgan fingerprint density at radius 3 is 2.40 bits per heavy atom. The minimum Gasteiger partial charge on any atom is -0.389 e. The highest BCUT2D eigenvalue weighted by Crippen LogP contribution is 2.19. The van der Waals surface area contributed by atoms with Gasteiger partial charge in [-0.1, -0.05) is 44.2 Å². The summed E-state index contributed by atoms with van der Waals surface area (Å²) in [5, 5.41) is 17.1. The SMILES string of the molecule is CC(C)CCN(CC(O)C(Cc1ccccc1)NC(=O)C1CCCS(=O)(=O)C1)C(=O)NC(C)(C)C. The van der Waals surface area contributed by atoms with Crippen LogP contribution >= 0.6 is 0 Å². The average molecular weight is 510 g/mol. The van der Waals surface area contributed by atoms with Crippen molar-refractivity contribution in [3.8, 4) is 0 Å². The smallest absolute Gasteiger partial charge is 0.317 e. The normalized spacial score (nSPS) is 19.6. The molecule has 35 heavy (non-hydrogen) atoms. The van der Waals surface area contributed by atoms with Gasteiger partial charge in [0.2, 0.25) is 5.91 Å². The Balaban J connectivity index is 2.20. The number of aliphatic hydroxyl groups is 1. The summed E-state index contributed by atoms with van der Waals surface area (Å²) in [6.45, 7) is 10.4. The molecule has 0 bridgehead atoms. The molecule has 0 spiro atoms. The zero-order valence-corrected chi connectivity index (χ0v) is 22.6. The van der Waals surface area contributed by atoms with Crippen molar-refractivity contribution in [2.24, 2.45) is 11.8 Å². The summed E-state index contributed by atoms with van der Waals surface area (Å²) in [6.07, 6.45) is 1.08. The summed E-state index contributed by atoms with van der Waals surface area (Å²) >= 11 is 0. The molecule has 1 aromatic rings. The maximum absolute atomic E-state index is 13.0. The van der Waals surface area contributed by atoms with Crippen LogP contribution in [0.5, 0.6) is 0 Å². The van der Waals surface area contributed by atoms with Crippen LogP contribution in [0.15, 0.2) is 30.3 Å². The van der Waals surface area contributed by atoms with Gasteiger partial charge in [-0.25, -0.2) is 13.2 Å². The Kier molecular flexibility index (Phi) is 10.6. The quantitative estimate of drug-likeness (QED) is 0.449. The van der Waals surface area contributed by atoms with E-state index in [1.54, 1.807) is 4.90 Å². The molecule has 0 aromatic heterocycles. The number of amides is 3. The topological polar surface area (TPSA) is 116 Å². The van der Waals surface area contributed by atoms with Gasteiger partial charge in [0.1, 0.15) is 0 Å². The number of hydrogen-bond acceptors (Lipinski definition) is 5. The lowest BCUT2D eigenvalue weighted by molar-refractivity contribution is -0.126. The van der Waals surface area contributed by atoms with Crippen molar-refractivity contribution < 1.29 is 23.1 Å². The molecule has 3 unspecified atom stereocenters. The maximum Gasteiger partial charge on any atom is 0.317 e. The van der Waals surface area contributed by atoms with Crippen LogP contribution in [0, 0.1) is 11.8 Å². The fraction of sp³-hybridized carbons (Fsp3) is 0.692. The van der Waals surface area contributed by atoms with E-state index in [-0.39, 0.29) is 30.0 Å². The Labute approximate surface area is 210 Å². The van der Waals surface area contributed by atoms with E-state index < -0.39 is 33.4 Å². The van der Waals surface area contributed by atoms with Gasteiger partial charge >= 0.3 is 6.03 Å². The van der Waals surface area contributed by atoms with Crippen molar-refractivity contribution in [1.82, 2.24) is 15.5 Å². The van der Waals surface area contributed by atoms with Crippen LogP contribution in [-0.4, -0.2) is 72.6 Å². The van der Waals surface area contributed by atoms with Crippen LogP contribution in [0.4, 0.5) is 4.79 Å². The molecule has 3 atom stereocenters. The number of nitrogens with zero attached hydrogens (tertiary/aromatic N) is 1. The number of nitrogens with one attached hydrogen (secondary N) is 2. The van der Waals surface area contributed by atoms with E-state index >= 15 is 0 Å². The van der Waals surface area contributed by atoms with Crippen LogP contribution in [-0.2, 0) is 21.1 Å². The highest BCUT2D eigenvalue weighted by molar-refractivity contribution is 7.91. The minimum absolute atomic E-state index is 0.0510. The molecule has 1 aromatic carbocycles. The van der Waals surface area contributed by atoms with Gasteiger partial charge in [0.05, 0.1) is 36.1 Å². The fourth-order valence-electron chi connectivity index (χ4n) is 4.12. The Hall–Kier alpha value is -2.13. The Morgan fingerprint density at radius 1 is 1.17 bits per heavy atom. The molecule has 9 heteroatoms. The van der Waals surface area contributed by atoms with E-state index in [0.717, 1.165) is 12.0 Å². The summed E-state index contributed by atoms with van der Waals surface area (Å²) in [4.78, 5) is 27.6. The predicted octanol–water partition coefficient (Wildman–Crippen LogP) is 2.76. The molecule has 8 nitrogen and oxygen atoms in total. The van der Waals surface area contributed by atoms with E-state index in [1.807, 2.05) is 51.1 Å². The fourth-order valence-corrected chi connectivity index (χ4v) is 5.83. The van der Waals surface area contributed by atoms with Crippen LogP contribution in [0.3, 0.4) is 0 Å². The van der Waals surface area contributed by atoms with E-state index in [0.29, 0.717) is 31.7 Å². The van der Waals surface area contributed by atoms with Gasteiger partial charge in [0.15, 0.2) is 9.84 Å². The van der Waals surface area contributed by atoms with Crippen molar-refractivity contribution >= 4 is 21.8 Å². The molecule has 0 saturated carbocycles. The van der Waals surface area contributed by atoms with Gasteiger partial charge < -0.3 is 20.6 Å². The van der Waals surface area contributed by atoms with Crippen molar-refractivity contribution in [1.29, 1.82) is 0 Å². The molecule has 198 valence electrons. The van der Waals surface area contributed by atoms with Gasteiger partial charge in [-0.2, -0.15) is 0 Å². The third kappa shape index (κ3) is 10.6. The first-order valence-corrected chi connectivity index (χ1v) is 14.4. The average Bonchev–Trinajstić information content (AvgIpc) is 2.74. The molecule has 1 aliphatic heterocycles. The minimum atomic E-state index is -3.24. The largest absolute Gasteiger partial charge is 0.389 e. The van der Waals surface area contributed by atoms with Crippen LogP contribution < -0.4 is 10.6 Å². The van der Waals surface area contributed by atoms with Gasteiger partial charge in [-0.3, -0.25) is 4.79 Å². The molecular formula is C26H43N3O5S. The third-order valence-electron chi connectivity index (χ3n) is 6.08. The number of carbonyl (C=O) groups excluding carboxylic acids is 2. The molecule has 1 fully saturated rings. The zero-order valence-electron chi connectivity index (χ0n) is 21.8. The second-order valence-corrected chi connectivity index (χ2v) is 13.4. The van der Waals surface area contributed by atoms with Gasteiger partial charge in [0.25, 0.3) is 0 Å². The lowest BCUT2D eigenvalue weighted by Crippen LogP contribution is -2.55. The number of rotatable bonds is 10. The highest BCUT2D eigenvalue weighted by Gasteiger charge is 2.33. The van der Waals surface area contributed by atoms with Crippen molar-refractivity contribution in [3.63, 3.8) is 0 Å². The molecule has 0 radical (unpaired) electrons. The van der Waals surface area contributed by atoms with E-state index in [4.69, 9.17) is 0 Å². The first-order chi connectivity index (χ1) is 16.3. The van der Waals surface area contributed by atoms with Crippen molar-refractivity contribution in [2.75, 3.05) is 24.6 Å². The molecule has 1 aliphatic rings. The van der Waals surface area contributed by atoms with Gasteiger partial charge in [-0.05, 0) is 57.9 Å². The third-order valence-corrected chi connectivity index (χ3v) is 7.90. The first-order valence-electron chi connectivity index (χ1n) is 12.6. The molecule has 3 N–H and O–H groups in total. The molecular weight excluding hydrogens is 466 g/mol. The second-order valence-electron chi connectivity index (χ2n) is 11.1. The van der Waals surface area contributed by atoms with E-state index in [1.165, 1.54) is 0 Å². The zero-order chi connectivity index (χ0) is 26.2. The summed E-state index contributed by atoms with van der Waals surface area (Å²) in [5.41, 5.74) is 0.503.